The molecule has 5 nitrogen and oxygen atoms in total. The fourth-order valence-electron chi connectivity index (χ4n) is 3.61. The average Bonchev–Trinajstić information content (AvgIpc) is 3.14. The summed E-state index contributed by atoms with van der Waals surface area (Å²) in [5.41, 5.74) is 5.03. The minimum Gasteiger partial charge on any atom is -0.352 e. The predicted molar refractivity (Wildman–Crippen MR) is 129 cm³/mol. The molecule has 2 N–H and O–H groups in total. The minimum atomic E-state index is 0. The van der Waals surface area contributed by atoms with Gasteiger partial charge in [0, 0.05) is 39.6 Å². The average molecular weight is 506 g/mol. The SMILES string of the molecule is CCc1ccccc1CNC(=NC)NCc1ccccc1CN1CCCC1=O.I. The van der Waals surface area contributed by atoms with E-state index in [0.29, 0.717) is 19.5 Å². The van der Waals surface area contributed by atoms with Crippen LogP contribution in [0, 0.1) is 0 Å². The van der Waals surface area contributed by atoms with E-state index in [1.54, 1.807) is 7.05 Å². The number of nitrogens with zero attached hydrogens (tertiary/aromatic N) is 2. The maximum absolute atomic E-state index is 12.0. The Hall–Kier alpha value is -2.09. The number of aliphatic imine (C=N–C) groups is 1. The normalized spacial score (nSPS) is 13.9. The molecule has 1 aliphatic heterocycles. The monoisotopic (exact) mass is 506 g/mol. The molecule has 1 aliphatic rings. The van der Waals surface area contributed by atoms with Crippen molar-refractivity contribution in [2.75, 3.05) is 13.6 Å². The minimum absolute atomic E-state index is 0. The Bertz CT molecular complexity index is 837. The number of guanidine groups is 1. The molecule has 3 rings (SSSR count). The lowest BCUT2D eigenvalue weighted by Gasteiger charge is -2.19. The third kappa shape index (κ3) is 6.45. The Morgan fingerprint density at radius 3 is 2.03 bits per heavy atom. The summed E-state index contributed by atoms with van der Waals surface area (Å²) in [6, 6.07) is 16.8. The van der Waals surface area contributed by atoms with Gasteiger partial charge in [0.25, 0.3) is 0 Å². The van der Waals surface area contributed by atoms with E-state index in [-0.39, 0.29) is 29.9 Å². The smallest absolute Gasteiger partial charge is 0.222 e. The Labute approximate surface area is 191 Å². The standard InChI is InChI=1S/C23H30N4O.HI/c1-3-18-9-4-5-10-19(18)15-25-23(24-2)26-16-20-11-6-7-12-21(20)17-27-14-8-13-22(27)28;/h4-7,9-12H,3,8,13-17H2,1-2H3,(H2,24,25,26);1H. The van der Waals surface area contributed by atoms with Crippen LogP contribution in [0.2, 0.25) is 0 Å². The number of carbonyl (C=O) groups is 1. The van der Waals surface area contributed by atoms with Gasteiger partial charge in [0.1, 0.15) is 0 Å². The van der Waals surface area contributed by atoms with Gasteiger partial charge in [0.15, 0.2) is 5.96 Å². The zero-order chi connectivity index (χ0) is 19.8. The second-order valence-electron chi connectivity index (χ2n) is 7.09. The van der Waals surface area contributed by atoms with E-state index in [4.69, 9.17) is 0 Å². The predicted octanol–water partition coefficient (Wildman–Crippen LogP) is 3.85. The summed E-state index contributed by atoms with van der Waals surface area (Å²) in [6.45, 7) is 5.14. The molecule has 0 saturated carbocycles. The van der Waals surface area contributed by atoms with Crippen LogP contribution in [-0.4, -0.2) is 30.4 Å². The van der Waals surface area contributed by atoms with Crippen molar-refractivity contribution in [1.82, 2.24) is 15.5 Å². The largest absolute Gasteiger partial charge is 0.352 e. The Morgan fingerprint density at radius 1 is 0.966 bits per heavy atom. The first kappa shape index (κ1) is 23.2. The molecule has 0 aliphatic carbocycles. The number of likely N-dealkylation sites (tertiary alicyclic amines) is 1. The number of amides is 1. The molecule has 0 bridgehead atoms. The van der Waals surface area contributed by atoms with Gasteiger partial charge >= 0.3 is 0 Å². The number of halogens is 1. The van der Waals surface area contributed by atoms with Crippen molar-refractivity contribution in [3.63, 3.8) is 0 Å². The van der Waals surface area contributed by atoms with Crippen LogP contribution in [0.4, 0.5) is 0 Å². The maximum atomic E-state index is 12.0. The number of hydrogen-bond donors (Lipinski definition) is 2. The molecule has 0 unspecified atom stereocenters. The summed E-state index contributed by atoms with van der Waals surface area (Å²) in [7, 11) is 1.79. The highest BCUT2D eigenvalue weighted by atomic mass is 127. The van der Waals surface area contributed by atoms with E-state index in [9.17, 15) is 4.79 Å². The van der Waals surface area contributed by atoms with Crippen molar-refractivity contribution >= 4 is 35.8 Å². The maximum Gasteiger partial charge on any atom is 0.222 e. The summed E-state index contributed by atoms with van der Waals surface area (Å²) < 4.78 is 0. The molecule has 1 fully saturated rings. The summed E-state index contributed by atoms with van der Waals surface area (Å²) in [4.78, 5) is 18.3. The van der Waals surface area contributed by atoms with Gasteiger partial charge in [-0.2, -0.15) is 0 Å². The Balaban J connectivity index is 0.00000300. The van der Waals surface area contributed by atoms with Crippen LogP contribution >= 0.6 is 24.0 Å². The van der Waals surface area contributed by atoms with Crippen molar-refractivity contribution in [1.29, 1.82) is 0 Å². The number of nitrogens with one attached hydrogen (secondary N) is 2. The van der Waals surface area contributed by atoms with Crippen molar-refractivity contribution in [3.05, 3.63) is 70.8 Å². The van der Waals surface area contributed by atoms with Gasteiger partial charge in [-0.25, -0.2) is 0 Å². The molecular formula is C23H31IN4O. The zero-order valence-electron chi connectivity index (χ0n) is 17.3. The molecule has 1 amide bonds. The van der Waals surface area contributed by atoms with Crippen LogP contribution in [0.1, 0.15) is 42.0 Å². The lowest BCUT2D eigenvalue weighted by atomic mass is 10.1. The molecule has 1 heterocycles. The van der Waals surface area contributed by atoms with Crippen molar-refractivity contribution in [3.8, 4) is 0 Å². The molecule has 156 valence electrons. The number of hydrogen-bond acceptors (Lipinski definition) is 2. The highest BCUT2D eigenvalue weighted by molar-refractivity contribution is 14.0. The Morgan fingerprint density at radius 2 is 1.52 bits per heavy atom. The second kappa shape index (κ2) is 11.8. The van der Waals surface area contributed by atoms with E-state index < -0.39 is 0 Å². The van der Waals surface area contributed by atoms with Gasteiger partial charge in [-0.1, -0.05) is 55.5 Å². The molecule has 0 aromatic heterocycles. The molecule has 0 atom stereocenters. The van der Waals surface area contributed by atoms with Gasteiger partial charge in [-0.05, 0) is 35.1 Å². The van der Waals surface area contributed by atoms with Crippen LogP contribution in [0.15, 0.2) is 53.5 Å². The van der Waals surface area contributed by atoms with Crippen LogP contribution in [0.3, 0.4) is 0 Å². The summed E-state index contributed by atoms with van der Waals surface area (Å²) in [6.07, 6.45) is 2.66. The van der Waals surface area contributed by atoms with E-state index in [1.165, 1.54) is 22.3 Å². The second-order valence-corrected chi connectivity index (χ2v) is 7.09. The number of aryl methyl sites for hydroxylation is 1. The Kier molecular flexibility index (Phi) is 9.44. The van der Waals surface area contributed by atoms with Gasteiger partial charge in [0.2, 0.25) is 5.91 Å². The molecule has 1 saturated heterocycles. The van der Waals surface area contributed by atoms with Crippen molar-refractivity contribution in [2.45, 2.75) is 45.8 Å². The van der Waals surface area contributed by atoms with E-state index in [0.717, 1.165) is 31.9 Å². The first-order valence-corrected chi connectivity index (χ1v) is 10.1. The molecular weight excluding hydrogens is 475 g/mol. The van der Waals surface area contributed by atoms with Crippen LogP contribution in [0.5, 0.6) is 0 Å². The van der Waals surface area contributed by atoms with E-state index in [2.05, 4.69) is 58.9 Å². The van der Waals surface area contributed by atoms with Gasteiger partial charge in [-0.15, -0.1) is 24.0 Å². The van der Waals surface area contributed by atoms with Gasteiger partial charge < -0.3 is 15.5 Å². The van der Waals surface area contributed by atoms with E-state index >= 15 is 0 Å². The fraction of sp³-hybridized carbons (Fsp3) is 0.391. The summed E-state index contributed by atoms with van der Waals surface area (Å²) in [5.74, 6) is 1.03. The first-order chi connectivity index (χ1) is 13.7. The lowest BCUT2D eigenvalue weighted by molar-refractivity contribution is -0.128. The quantitative estimate of drug-likeness (QED) is 0.341. The highest BCUT2D eigenvalue weighted by Gasteiger charge is 2.20. The van der Waals surface area contributed by atoms with Gasteiger partial charge in [-0.3, -0.25) is 9.79 Å². The van der Waals surface area contributed by atoms with Gasteiger partial charge in [0.05, 0.1) is 0 Å². The van der Waals surface area contributed by atoms with E-state index in [1.807, 2.05) is 17.0 Å². The lowest BCUT2D eigenvalue weighted by Crippen LogP contribution is -2.37. The highest BCUT2D eigenvalue weighted by Crippen LogP contribution is 2.17. The number of rotatable bonds is 7. The third-order valence-electron chi connectivity index (χ3n) is 5.27. The van der Waals surface area contributed by atoms with Crippen LogP contribution < -0.4 is 10.6 Å². The number of carbonyl (C=O) groups excluding carboxylic acids is 1. The molecule has 0 spiro atoms. The van der Waals surface area contributed by atoms with Crippen molar-refractivity contribution < 1.29 is 4.79 Å². The molecule has 6 heteroatoms. The summed E-state index contributed by atoms with van der Waals surface area (Å²) >= 11 is 0. The summed E-state index contributed by atoms with van der Waals surface area (Å²) in [5, 5.41) is 6.81. The molecule has 2 aromatic rings. The molecule has 0 radical (unpaired) electrons. The first-order valence-electron chi connectivity index (χ1n) is 10.1. The topological polar surface area (TPSA) is 56.7 Å². The fourth-order valence-corrected chi connectivity index (χ4v) is 3.61. The molecule has 2 aromatic carbocycles. The molecule has 29 heavy (non-hydrogen) atoms. The van der Waals surface area contributed by atoms with Crippen molar-refractivity contribution in [2.24, 2.45) is 4.99 Å². The number of benzene rings is 2. The van der Waals surface area contributed by atoms with Crippen LogP contribution in [-0.2, 0) is 30.8 Å². The third-order valence-corrected chi connectivity index (χ3v) is 5.27. The van der Waals surface area contributed by atoms with Crippen LogP contribution in [0.25, 0.3) is 0 Å². The zero-order valence-corrected chi connectivity index (χ0v) is 19.6.